The summed E-state index contributed by atoms with van der Waals surface area (Å²) in [6, 6.07) is 61.3. The highest BCUT2D eigenvalue weighted by Gasteiger charge is 2.41. The molecule has 0 spiro atoms. The maximum Gasteiger partial charge on any atom is 0.152 e. The molecule has 13 rings (SSSR count). The van der Waals surface area contributed by atoms with Crippen LogP contribution in [0.3, 0.4) is 0 Å². The highest BCUT2D eigenvalue weighted by atomic mass is 79.9. The van der Waals surface area contributed by atoms with Crippen LogP contribution in [0.5, 0.6) is 46.0 Å². The number of hydrogen-bond donors (Lipinski definition) is 0. The zero-order chi connectivity index (χ0) is 45.8. The van der Waals surface area contributed by atoms with E-state index in [0.717, 1.165) is 64.5 Å². The van der Waals surface area contributed by atoms with Gasteiger partial charge in [-0.05, 0) is 134 Å². The summed E-state index contributed by atoms with van der Waals surface area (Å²) < 4.78 is 29.4. The molecule has 326 valence electrons. The van der Waals surface area contributed by atoms with E-state index < -0.39 is 0 Å². The molecule has 68 heavy (non-hydrogen) atoms. The molecule has 0 atom stereocenters. The average Bonchev–Trinajstić information content (AvgIpc) is 3.35. The van der Waals surface area contributed by atoms with Crippen LogP contribution >= 0.6 is 47.8 Å². The lowest BCUT2D eigenvalue weighted by molar-refractivity contribution is 0.475. The average molecular weight is 1080 g/mol. The van der Waals surface area contributed by atoms with E-state index >= 15 is 0 Å². The van der Waals surface area contributed by atoms with Crippen LogP contribution in [0, 0.1) is 18.3 Å². The molecule has 0 bridgehead atoms. The van der Waals surface area contributed by atoms with Gasteiger partial charge >= 0.3 is 0 Å². The molecule has 0 N–H and O–H groups in total. The Morgan fingerprint density at radius 2 is 0.647 bits per heavy atom. The highest BCUT2D eigenvalue weighted by molar-refractivity contribution is 9.11. The molecular formula is C56H32Br3N5O4. The summed E-state index contributed by atoms with van der Waals surface area (Å²) >= 11 is 11.2. The van der Waals surface area contributed by atoms with E-state index in [9.17, 15) is 5.26 Å². The fourth-order valence-corrected chi connectivity index (χ4v) is 10.6. The summed E-state index contributed by atoms with van der Waals surface area (Å²) in [5, 5.41) is 12.5. The Kier molecular flexibility index (Phi) is 9.37. The minimum atomic E-state index is 0.369. The Morgan fingerprint density at radius 1 is 0.338 bits per heavy atom. The highest BCUT2D eigenvalue weighted by Crippen LogP contribution is 2.65. The molecule has 0 saturated carbocycles. The third-order valence-electron chi connectivity index (χ3n) is 12.4. The van der Waals surface area contributed by atoms with Crippen molar-refractivity contribution in [1.82, 2.24) is 0 Å². The number of fused-ring (bicyclic) bond motifs is 8. The summed E-state index contributed by atoms with van der Waals surface area (Å²) in [4.78, 5) is 8.76. The van der Waals surface area contributed by atoms with Gasteiger partial charge in [0.1, 0.15) is 11.6 Å². The summed E-state index contributed by atoms with van der Waals surface area (Å²) in [6.07, 6.45) is 0. The van der Waals surface area contributed by atoms with Crippen LogP contribution in [0.2, 0.25) is 0 Å². The maximum absolute atomic E-state index is 12.5. The van der Waals surface area contributed by atoms with Gasteiger partial charge in [-0.2, -0.15) is 5.26 Å². The van der Waals surface area contributed by atoms with E-state index in [4.69, 9.17) is 18.9 Å². The first-order valence-corrected chi connectivity index (χ1v) is 24.1. The third kappa shape index (κ3) is 6.30. The zero-order valence-electron chi connectivity index (χ0n) is 35.7. The molecule has 0 aliphatic carbocycles. The lowest BCUT2D eigenvalue weighted by atomic mass is 9.97. The van der Waals surface area contributed by atoms with Gasteiger partial charge in [0.25, 0.3) is 0 Å². The van der Waals surface area contributed by atoms with Crippen molar-refractivity contribution in [3.05, 3.63) is 200 Å². The second-order valence-corrected chi connectivity index (χ2v) is 19.3. The van der Waals surface area contributed by atoms with Crippen LogP contribution in [0.1, 0.15) is 11.1 Å². The van der Waals surface area contributed by atoms with E-state index in [0.29, 0.717) is 74.3 Å². The Labute approximate surface area is 416 Å². The largest absolute Gasteiger partial charge is 0.453 e. The molecule has 0 radical (unpaired) electrons. The molecule has 0 fully saturated rings. The molecular weight excluding hydrogens is 1050 g/mol. The SMILES string of the molecule is Cc1ccc2c(c1)Oc1ccccc1N2c1cc(N2c3ccccc3Oc3cc(Br)ccc32)c(N2c3ccccc3Oc3cc(Br)ccc32)c(C#N)c1N1c2ccccc2Oc2cc(Br)ccc21. The molecule has 4 aliphatic rings. The standard InChI is InChI=1S/C56H32Br3N5O4/c1-32-18-22-41-51(26-32)65-47-14-6-2-10-37(47)61(41)45-30-46(62-38-11-3-7-15-48(38)66-52-27-33(57)19-23-42(52)62)56(64-40-13-5-9-17-50(40)68-54-29-35(59)21-25-44(54)64)36(31-60)55(45)63-39-12-4-8-16-49(39)67-53-28-34(58)20-24-43(53)63/h2-30H,1H3. The number of benzene rings is 9. The second kappa shape index (κ2) is 15.7. The van der Waals surface area contributed by atoms with Crippen LogP contribution in [0.15, 0.2) is 189 Å². The van der Waals surface area contributed by atoms with Crippen molar-refractivity contribution in [2.45, 2.75) is 6.92 Å². The number of rotatable bonds is 4. The number of hydrogen-bond acceptors (Lipinski definition) is 9. The Bertz CT molecular complexity index is 3440. The van der Waals surface area contributed by atoms with Crippen molar-refractivity contribution in [3.8, 4) is 52.1 Å². The molecule has 9 nitrogen and oxygen atoms in total. The van der Waals surface area contributed by atoms with Gasteiger partial charge in [0, 0.05) is 13.4 Å². The Morgan fingerprint density at radius 3 is 1.03 bits per heavy atom. The third-order valence-corrected chi connectivity index (χ3v) is 13.9. The van der Waals surface area contributed by atoms with Crippen molar-refractivity contribution >= 4 is 116 Å². The monoisotopic (exact) mass is 1080 g/mol. The van der Waals surface area contributed by atoms with Crippen molar-refractivity contribution < 1.29 is 18.9 Å². The van der Waals surface area contributed by atoms with Crippen LogP contribution < -0.4 is 38.5 Å². The van der Waals surface area contributed by atoms with Crippen LogP contribution in [0.25, 0.3) is 0 Å². The molecule has 9 aromatic rings. The van der Waals surface area contributed by atoms with Gasteiger partial charge in [-0.1, -0.05) is 102 Å². The van der Waals surface area contributed by atoms with E-state index in [-0.39, 0.29) is 0 Å². The molecule has 4 aliphatic heterocycles. The van der Waals surface area contributed by atoms with Gasteiger partial charge in [0.2, 0.25) is 0 Å². The van der Waals surface area contributed by atoms with Crippen molar-refractivity contribution in [2.24, 2.45) is 0 Å². The zero-order valence-corrected chi connectivity index (χ0v) is 40.5. The van der Waals surface area contributed by atoms with Crippen molar-refractivity contribution in [2.75, 3.05) is 19.6 Å². The normalized spacial score (nSPS) is 13.3. The predicted molar refractivity (Wildman–Crippen MR) is 278 cm³/mol. The number of halogens is 3. The Balaban J connectivity index is 1.25. The van der Waals surface area contributed by atoms with Crippen LogP contribution in [-0.4, -0.2) is 0 Å². The molecule has 0 amide bonds. The molecule has 0 saturated heterocycles. The fraction of sp³-hybridized carbons (Fsp3) is 0.0179. The van der Waals surface area contributed by atoms with Gasteiger partial charge in [0.15, 0.2) is 46.0 Å². The summed E-state index contributed by atoms with van der Waals surface area (Å²) in [5.74, 6) is 5.13. The quantitative estimate of drug-likeness (QED) is 0.171. The Hall–Kier alpha value is -7.69. The number of para-hydroxylation sites is 8. The molecule has 12 heteroatoms. The van der Waals surface area contributed by atoms with Crippen LogP contribution in [-0.2, 0) is 0 Å². The van der Waals surface area contributed by atoms with E-state index in [1.165, 1.54) is 0 Å². The van der Waals surface area contributed by atoms with Crippen molar-refractivity contribution in [1.29, 1.82) is 5.26 Å². The topological polar surface area (TPSA) is 73.7 Å². The number of ether oxygens (including phenoxy) is 4. The number of nitriles is 1. The van der Waals surface area contributed by atoms with Gasteiger partial charge in [-0.3, -0.25) is 0 Å². The minimum absolute atomic E-state index is 0.369. The number of aryl methyl sites for hydroxylation is 1. The number of nitrogens with zero attached hydrogens (tertiary/aromatic N) is 5. The fourth-order valence-electron chi connectivity index (χ4n) is 9.59. The maximum atomic E-state index is 12.5. The van der Waals surface area contributed by atoms with E-state index in [1.54, 1.807) is 0 Å². The number of anilines is 12. The van der Waals surface area contributed by atoms with Gasteiger partial charge < -0.3 is 38.5 Å². The summed E-state index contributed by atoms with van der Waals surface area (Å²) in [6.45, 7) is 2.06. The van der Waals surface area contributed by atoms with Gasteiger partial charge in [-0.15, -0.1) is 0 Å². The predicted octanol–water partition coefficient (Wildman–Crippen LogP) is 18.5. The van der Waals surface area contributed by atoms with Crippen LogP contribution in [0.4, 0.5) is 68.2 Å². The molecule has 0 aromatic heterocycles. The molecule has 0 unspecified atom stereocenters. The van der Waals surface area contributed by atoms with Gasteiger partial charge in [-0.25, -0.2) is 0 Å². The first kappa shape index (κ1) is 40.6. The first-order chi connectivity index (χ1) is 33.3. The minimum Gasteiger partial charge on any atom is -0.453 e. The second-order valence-electron chi connectivity index (χ2n) is 16.5. The first-order valence-electron chi connectivity index (χ1n) is 21.7. The lowest BCUT2D eigenvalue weighted by Crippen LogP contribution is -2.26. The smallest absolute Gasteiger partial charge is 0.152 e. The molecule has 9 aromatic carbocycles. The van der Waals surface area contributed by atoms with E-state index in [1.807, 2.05) is 140 Å². The molecule has 4 heterocycles. The van der Waals surface area contributed by atoms with E-state index in [2.05, 4.69) is 117 Å². The van der Waals surface area contributed by atoms with Gasteiger partial charge in [0.05, 0.1) is 68.2 Å². The van der Waals surface area contributed by atoms with Crippen molar-refractivity contribution in [3.63, 3.8) is 0 Å². The summed E-state index contributed by atoms with van der Waals surface area (Å²) in [7, 11) is 0. The summed E-state index contributed by atoms with van der Waals surface area (Å²) in [5.41, 5.74) is 10.2. The lowest BCUT2D eigenvalue weighted by Gasteiger charge is -2.43.